The van der Waals surface area contributed by atoms with Gasteiger partial charge in [-0.3, -0.25) is 0 Å². The first kappa shape index (κ1) is 9.48. The van der Waals surface area contributed by atoms with E-state index in [1.807, 2.05) is 0 Å². The summed E-state index contributed by atoms with van der Waals surface area (Å²) < 4.78 is 4.44. The molecule has 1 N–H and O–H groups in total. The van der Waals surface area contributed by atoms with Crippen LogP contribution in [0.3, 0.4) is 0 Å². The molecule has 1 rings (SSSR count). The molecule has 68 valence electrons. The zero-order chi connectivity index (χ0) is 9.68. The van der Waals surface area contributed by atoms with Crippen molar-refractivity contribution >= 4 is 12.0 Å². The average molecular weight is 178 g/mol. The molecule has 3 nitrogen and oxygen atoms in total. The highest BCUT2D eigenvalue weighted by Crippen LogP contribution is 2.10. The number of esters is 1. The van der Waals surface area contributed by atoms with E-state index in [0.717, 1.165) is 0 Å². The lowest BCUT2D eigenvalue weighted by molar-refractivity contribution is 0.00682. The minimum Gasteiger partial charge on any atom is -0.435 e. The molecular formula is C10H10O3. The second-order valence-electron chi connectivity index (χ2n) is 2.35. The van der Waals surface area contributed by atoms with Gasteiger partial charge in [-0.05, 0) is 11.6 Å². The normalized spacial score (nSPS) is 9.31. The highest BCUT2D eigenvalue weighted by Gasteiger charge is 2.08. The zero-order valence-electron chi connectivity index (χ0n) is 7.06. The third-order valence-electron chi connectivity index (χ3n) is 1.60. The molecule has 13 heavy (non-hydrogen) atoms. The molecule has 0 unspecified atom stereocenters. The predicted octanol–water partition coefficient (Wildman–Crippen LogP) is 1.44. The smallest absolute Gasteiger partial charge is 0.340 e. The Balaban J connectivity index is 2.98. The van der Waals surface area contributed by atoms with Crippen molar-refractivity contribution < 1.29 is 14.6 Å². The average Bonchev–Trinajstić information content (AvgIpc) is 2.18. The topological polar surface area (TPSA) is 46.5 Å². The standard InChI is InChI=1S/C10H10O3/c1-2-8-5-3-4-6-9(8)10(12)13-7-11/h2-6,11H,1,7H2. The van der Waals surface area contributed by atoms with Gasteiger partial charge in [-0.15, -0.1) is 0 Å². The summed E-state index contributed by atoms with van der Waals surface area (Å²) in [5, 5.41) is 8.39. The van der Waals surface area contributed by atoms with Gasteiger partial charge >= 0.3 is 5.97 Å². The number of hydrogen-bond acceptors (Lipinski definition) is 3. The summed E-state index contributed by atoms with van der Waals surface area (Å²) in [5.41, 5.74) is 1.10. The Hall–Kier alpha value is -1.61. The second-order valence-corrected chi connectivity index (χ2v) is 2.35. The molecule has 0 saturated carbocycles. The summed E-state index contributed by atoms with van der Waals surface area (Å²) >= 11 is 0. The highest BCUT2D eigenvalue weighted by atomic mass is 16.6. The van der Waals surface area contributed by atoms with Crippen molar-refractivity contribution in [3.05, 3.63) is 42.0 Å². The first-order valence-electron chi connectivity index (χ1n) is 3.79. The lowest BCUT2D eigenvalue weighted by Gasteiger charge is -2.03. The van der Waals surface area contributed by atoms with E-state index in [4.69, 9.17) is 5.11 Å². The molecule has 0 amide bonds. The molecule has 0 aliphatic carbocycles. The molecule has 0 aliphatic rings. The zero-order valence-corrected chi connectivity index (χ0v) is 7.06. The molecule has 0 atom stereocenters. The van der Waals surface area contributed by atoms with Gasteiger partial charge < -0.3 is 9.84 Å². The van der Waals surface area contributed by atoms with Gasteiger partial charge in [-0.2, -0.15) is 0 Å². The molecule has 0 heterocycles. The lowest BCUT2D eigenvalue weighted by atomic mass is 10.1. The Labute approximate surface area is 76.3 Å². The molecule has 0 fully saturated rings. The Morgan fingerprint density at radius 3 is 2.85 bits per heavy atom. The molecule has 0 bridgehead atoms. The number of hydrogen-bond donors (Lipinski definition) is 1. The molecule has 0 spiro atoms. The first-order chi connectivity index (χ1) is 6.29. The summed E-state index contributed by atoms with van der Waals surface area (Å²) in [5.74, 6) is -0.544. The van der Waals surface area contributed by atoms with Crippen LogP contribution in [0.4, 0.5) is 0 Å². The van der Waals surface area contributed by atoms with E-state index in [2.05, 4.69) is 11.3 Å². The van der Waals surface area contributed by atoms with Crippen molar-refractivity contribution in [3.63, 3.8) is 0 Å². The van der Waals surface area contributed by atoms with Crippen LogP contribution in [0.2, 0.25) is 0 Å². The molecule has 1 aromatic carbocycles. The summed E-state index contributed by atoms with van der Waals surface area (Å²) in [6.45, 7) is 2.96. The van der Waals surface area contributed by atoms with Crippen molar-refractivity contribution in [3.8, 4) is 0 Å². The van der Waals surface area contributed by atoms with Crippen LogP contribution < -0.4 is 0 Å². The van der Waals surface area contributed by atoms with Gasteiger partial charge in [0.25, 0.3) is 0 Å². The maximum atomic E-state index is 11.2. The van der Waals surface area contributed by atoms with E-state index >= 15 is 0 Å². The third kappa shape index (κ3) is 2.16. The maximum absolute atomic E-state index is 11.2. The van der Waals surface area contributed by atoms with E-state index in [9.17, 15) is 4.79 Å². The molecule has 0 aliphatic heterocycles. The van der Waals surface area contributed by atoms with Crippen molar-refractivity contribution in [2.45, 2.75) is 0 Å². The van der Waals surface area contributed by atoms with Crippen LogP contribution in [0, 0.1) is 0 Å². The van der Waals surface area contributed by atoms with Crippen LogP contribution in [-0.4, -0.2) is 17.9 Å². The molecule has 0 aromatic heterocycles. The fraction of sp³-hybridized carbons (Fsp3) is 0.100. The van der Waals surface area contributed by atoms with Crippen LogP contribution in [-0.2, 0) is 4.74 Å². The first-order valence-corrected chi connectivity index (χ1v) is 3.79. The van der Waals surface area contributed by atoms with Gasteiger partial charge in [0.2, 0.25) is 0 Å². The molecule has 0 saturated heterocycles. The Kier molecular flexibility index (Phi) is 3.23. The molecule has 3 heteroatoms. The van der Waals surface area contributed by atoms with Gasteiger partial charge in [0.05, 0.1) is 5.56 Å². The van der Waals surface area contributed by atoms with E-state index in [-0.39, 0.29) is 0 Å². The number of carbonyl (C=O) groups excluding carboxylic acids is 1. The Morgan fingerprint density at radius 1 is 1.54 bits per heavy atom. The van der Waals surface area contributed by atoms with Crippen molar-refractivity contribution in [2.24, 2.45) is 0 Å². The van der Waals surface area contributed by atoms with Crippen LogP contribution >= 0.6 is 0 Å². The van der Waals surface area contributed by atoms with Crippen LogP contribution in [0.25, 0.3) is 6.08 Å². The summed E-state index contributed by atoms with van der Waals surface area (Å²) in [6, 6.07) is 6.89. The van der Waals surface area contributed by atoms with Crippen molar-refractivity contribution in [1.82, 2.24) is 0 Å². The van der Waals surface area contributed by atoms with Gasteiger partial charge in [-0.25, -0.2) is 4.79 Å². The third-order valence-corrected chi connectivity index (χ3v) is 1.60. The Bertz CT molecular complexity index is 318. The maximum Gasteiger partial charge on any atom is 0.340 e. The second kappa shape index (κ2) is 4.42. The molecular weight excluding hydrogens is 168 g/mol. The lowest BCUT2D eigenvalue weighted by Crippen LogP contribution is -2.07. The number of ether oxygens (including phenoxy) is 1. The minimum absolute atomic E-state index is 0.409. The number of aliphatic hydroxyl groups excluding tert-OH is 1. The van der Waals surface area contributed by atoms with E-state index < -0.39 is 12.8 Å². The Morgan fingerprint density at radius 2 is 2.23 bits per heavy atom. The number of carbonyl (C=O) groups is 1. The van der Waals surface area contributed by atoms with Gasteiger partial charge in [0, 0.05) is 0 Å². The monoisotopic (exact) mass is 178 g/mol. The SMILES string of the molecule is C=Cc1ccccc1C(=O)OCO. The predicted molar refractivity (Wildman–Crippen MR) is 49.0 cm³/mol. The van der Waals surface area contributed by atoms with E-state index in [0.29, 0.717) is 11.1 Å². The van der Waals surface area contributed by atoms with E-state index in [1.54, 1.807) is 30.3 Å². The number of rotatable bonds is 3. The number of aliphatic hydroxyl groups is 1. The summed E-state index contributed by atoms with van der Waals surface area (Å²) in [4.78, 5) is 11.2. The summed E-state index contributed by atoms with van der Waals surface area (Å²) in [6.07, 6.45) is 1.56. The molecule has 1 aromatic rings. The minimum atomic E-state index is -0.607. The van der Waals surface area contributed by atoms with Crippen LogP contribution in [0.5, 0.6) is 0 Å². The molecule has 0 radical (unpaired) electrons. The van der Waals surface area contributed by atoms with Gasteiger partial charge in [-0.1, -0.05) is 30.9 Å². The fourth-order valence-corrected chi connectivity index (χ4v) is 0.997. The fourth-order valence-electron chi connectivity index (χ4n) is 0.997. The largest absolute Gasteiger partial charge is 0.435 e. The summed E-state index contributed by atoms with van der Waals surface area (Å²) in [7, 11) is 0. The van der Waals surface area contributed by atoms with Crippen molar-refractivity contribution in [1.29, 1.82) is 0 Å². The van der Waals surface area contributed by atoms with Crippen LogP contribution in [0.1, 0.15) is 15.9 Å². The highest BCUT2D eigenvalue weighted by molar-refractivity contribution is 5.93. The van der Waals surface area contributed by atoms with Crippen molar-refractivity contribution in [2.75, 3.05) is 6.79 Å². The number of benzene rings is 1. The van der Waals surface area contributed by atoms with E-state index in [1.165, 1.54) is 0 Å². The van der Waals surface area contributed by atoms with Gasteiger partial charge in [0.1, 0.15) is 0 Å². The van der Waals surface area contributed by atoms with Crippen LogP contribution in [0.15, 0.2) is 30.8 Å². The van der Waals surface area contributed by atoms with Gasteiger partial charge in [0.15, 0.2) is 6.79 Å². The quantitative estimate of drug-likeness (QED) is 0.562.